The van der Waals surface area contributed by atoms with Crippen LogP contribution in [0, 0.1) is 0 Å². The summed E-state index contributed by atoms with van der Waals surface area (Å²) in [5.41, 5.74) is 1.24. The largest absolute Gasteiger partial charge is 0.468 e. The van der Waals surface area contributed by atoms with Gasteiger partial charge in [0.25, 0.3) is 0 Å². The molecule has 6 heteroatoms. The Bertz CT molecular complexity index is 687. The average Bonchev–Trinajstić information content (AvgIpc) is 3.07. The molecule has 0 aliphatic heterocycles. The van der Waals surface area contributed by atoms with Crippen molar-refractivity contribution in [1.82, 2.24) is 14.8 Å². The normalized spacial score (nSPS) is 21.7. The number of thioether (sulfide) groups is 1. The van der Waals surface area contributed by atoms with E-state index in [2.05, 4.69) is 28.5 Å². The summed E-state index contributed by atoms with van der Waals surface area (Å²) in [7, 11) is 0. The average molecular weight is 348 g/mol. The van der Waals surface area contributed by atoms with Gasteiger partial charge in [0.05, 0.1) is 6.54 Å². The van der Waals surface area contributed by atoms with E-state index in [1.165, 1.54) is 5.57 Å². The third kappa shape index (κ3) is 4.18. The molecule has 2 atom stereocenters. The van der Waals surface area contributed by atoms with Crippen molar-refractivity contribution in [2.45, 2.75) is 23.3 Å². The molecule has 0 amide bonds. The predicted octanol–water partition coefficient (Wildman–Crippen LogP) is 3.91. The second-order valence-corrected chi connectivity index (χ2v) is 6.96. The first-order valence-corrected chi connectivity index (χ1v) is 9.02. The number of hydrogen-bond donors (Lipinski definition) is 0. The van der Waals surface area contributed by atoms with Gasteiger partial charge in [0.15, 0.2) is 0 Å². The van der Waals surface area contributed by atoms with Crippen LogP contribution >= 0.6 is 23.4 Å². The Balaban J connectivity index is 1.66. The highest BCUT2D eigenvalue weighted by Gasteiger charge is 2.29. The minimum absolute atomic E-state index is 0.311. The molecule has 1 aromatic carbocycles. The van der Waals surface area contributed by atoms with E-state index in [9.17, 15) is 0 Å². The van der Waals surface area contributed by atoms with Crippen LogP contribution in [0.25, 0.3) is 0 Å². The number of nitrogens with zero attached hydrogens (tertiary/aromatic N) is 3. The maximum atomic E-state index is 6.58. The topological polar surface area (TPSA) is 39.9 Å². The van der Waals surface area contributed by atoms with Crippen molar-refractivity contribution in [3.8, 4) is 5.75 Å². The lowest BCUT2D eigenvalue weighted by molar-refractivity contribution is 0.209. The molecular formula is C17H18ClN3OS. The van der Waals surface area contributed by atoms with E-state index in [4.69, 9.17) is 16.3 Å². The van der Waals surface area contributed by atoms with Crippen molar-refractivity contribution >= 4 is 23.4 Å². The molecule has 0 bridgehead atoms. The quantitative estimate of drug-likeness (QED) is 0.743. The van der Waals surface area contributed by atoms with Gasteiger partial charge >= 0.3 is 0 Å². The molecule has 0 N–H and O–H groups in total. The Kier molecular flexibility index (Phi) is 5.08. The fraction of sp³-hybridized carbons (Fsp3) is 0.294. The molecule has 1 aliphatic carbocycles. The van der Waals surface area contributed by atoms with Crippen LogP contribution in [0.1, 0.15) is 6.42 Å². The number of aromatic nitrogens is 3. The number of allylic oxidation sites excluding steroid dienone is 1. The zero-order valence-corrected chi connectivity index (χ0v) is 14.4. The Morgan fingerprint density at radius 2 is 2.22 bits per heavy atom. The van der Waals surface area contributed by atoms with Crippen LogP contribution in [0.5, 0.6) is 5.75 Å². The van der Waals surface area contributed by atoms with E-state index in [0.29, 0.717) is 11.7 Å². The third-order valence-electron chi connectivity index (χ3n) is 3.65. The van der Waals surface area contributed by atoms with E-state index in [1.807, 2.05) is 41.1 Å². The molecule has 0 saturated heterocycles. The molecule has 0 spiro atoms. The number of alkyl halides is 1. The lowest BCUT2D eigenvalue weighted by Crippen LogP contribution is -2.29. The molecule has 2 aromatic rings. The van der Waals surface area contributed by atoms with Gasteiger partial charge in [-0.05, 0) is 30.0 Å². The summed E-state index contributed by atoms with van der Waals surface area (Å²) < 4.78 is 7.76. The van der Waals surface area contributed by atoms with E-state index in [0.717, 1.165) is 12.3 Å². The van der Waals surface area contributed by atoms with Gasteiger partial charge in [0, 0.05) is 11.7 Å². The van der Waals surface area contributed by atoms with Crippen molar-refractivity contribution in [2.75, 3.05) is 6.26 Å². The number of hydrogen-bond acceptors (Lipinski definition) is 4. The maximum absolute atomic E-state index is 6.58. The monoisotopic (exact) mass is 347 g/mol. The first-order valence-electron chi connectivity index (χ1n) is 7.36. The predicted molar refractivity (Wildman–Crippen MR) is 94.8 cm³/mol. The van der Waals surface area contributed by atoms with E-state index in [-0.39, 0.29) is 0 Å². The Morgan fingerprint density at radius 1 is 1.39 bits per heavy atom. The smallest absolute Gasteiger partial charge is 0.205 e. The number of rotatable bonds is 6. The Labute approximate surface area is 145 Å². The van der Waals surface area contributed by atoms with Gasteiger partial charge in [-0.15, -0.1) is 0 Å². The Hall–Kier alpha value is -1.72. The third-order valence-corrected chi connectivity index (χ3v) is 4.99. The summed E-state index contributed by atoms with van der Waals surface area (Å²) in [6.45, 7) is 0.784. The van der Waals surface area contributed by atoms with Crippen LogP contribution < -0.4 is 4.74 Å². The second-order valence-electron chi connectivity index (χ2n) is 5.28. The molecule has 120 valence electrons. The van der Waals surface area contributed by atoms with Crippen molar-refractivity contribution in [3.63, 3.8) is 0 Å². The van der Waals surface area contributed by atoms with Crippen LogP contribution in [0.15, 0.2) is 66.8 Å². The molecule has 0 radical (unpaired) electrons. The van der Waals surface area contributed by atoms with E-state index < -0.39 is 5.06 Å². The van der Waals surface area contributed by atoms with E-state index in [1.54, 1.807) is 24.4 Å². The number of halogens is 1. The molecule has 1 aliphatic rings. The first kappa shape index (κ1) is 16.1. The first-order chi connectivity index (χ1) is 11.2. The second kappa shape index (κ2) is 7.23. The van der Waals surface area contributed by atoms with Gasteiger partial charge in [0.2, 0.25) is 5.06 Å². The van der Waals surface area contributed by atoms with Crippen molar-refractivity contribution in [2.24, 2.45) is 0 Å². The van der Waals surface area contributed by atoms with Gasteiger partial charge in [-0.1, -0.05) is 42.0 Å². The van der Waals surface area contributed by atoms with Gasteiger partial charge in [-0.3, -0.25) is 4.68 Å². The molecule has 0 saturated carbocycles. The molecule has 1 aromatic heterocycles. The summed E-state index contributed by atoms with van der Waals surface area (Å²) in [4.78, 5) is 3.99. The highest BCUT2D eigenvalue weighted by atomic mass is 35.5. The SMILES string of the molecule is CSC(Cn1cncn1)C1=CCC(Cl)(Oc2ccccc2)C=C1. The molecule has 4 nitrogen and oxygen atoms in total. The fourth-order valence-electron chi connectivity index (χ4n) is 2.43. The molecular weight excluding hydrogens is 330 g/mol. The highest BCUT2D eigenvalue weighted by Crippen LogP contribution is 2.33. The van der Waals surface area contributed by atoms with Crippen LogP contribution in [-0.4, -0.2) is 31.3 Å². The summed E-state index contributed by atoms with van der Waals surface area (Å²) in [6.07, 6.45) is 12.1. The van der Waals surface area contributed by atoms with E-state index >= 15 is 0 Å². The van der Waals surface area contributed by atoms with Gasteiger partial charge in [-0.2, -0.15) is 16.9 Å². The zero-order valence-electron chi connectivity index (χ0n) is 12.8. The maximum Gasteiger partial charge on any atom is 0.205 e. The minimum Gasteiger partial charge on any atom is -0.468 e. The summed E-state index contributed by atoms with van der Waals surface area (Å²) >= 11 is 8.36. The lowest BCUT2D eigenvalue weighted by Gasteiger charge is -2.28. The molecule has 2 unspecified atom stereocenters. The standard InChI is InChI=1S/C17H18ClN3OS/c1-23-16(11-21-13-19-12-20-21)14-7-9-17(18,10-8-14)22-15-5-3-2-4-6-15/h2-9,12-13,16H,10-11H2,1H3. The van der Waals surface area contributed by atoms with Crippen molar-refractivity contribution in [1.29, 1.82) is 0 Å². The highest BCUT2D eigenvalue weighted by molar-refractivity contribution is 7.99. The number of benzene rings is 1. The summed E-state index contributed by atoms with van der Waals surface area (Å²) in [5, 5.41) is 3.67. The van der Waals surface area contributed by atoms with Gasteiger partial charge in [0.1, 0.15) is 18.4 Å². The molecule has 23 heavy (non-hydrogen) atoms. The van der Waals surface area contributed by atoms with Gasteiger partial charge < -0.3 is 4.74 Å². The molecule has 1 heterocycles. The fourth-order valence-corrected chi connectivity index (χ4v) is 3.40. The zero-order chi connectivity index (χ0) is 16.1. The Morgan fingerprint density at radius 3 is 2.83 bits per heavy atom. The molecule has 0 fully saturated rings. The number of ether oxygens (including phenoxy) is 1. The van der Waals surface area contributed by atoms with Crippen molar-refractivity contribution < 1.29 is 4.74 Å². The van der Waals surface area contributed by atoms with Crippen molar-refractivity contribution in [3.05, 3.63) is 66.8 Å². The lowest BCUT2D eigenvalue weighted by atomic mass is 10.0. The summed E-state index contributed by atoms with van der Waals surface area (Å²) in [5.74, 6) is 0.771. The van der Waals surface area contributed by atoms with Crippen LogP contribution in [0.4, 0.5) is 0 Å². The van der Waals surface area contributed by atoms with Crippen LogP contribution in [0.3, 0.4) is 0 Å². The summed E-state index contributed by atoms with van der Waals surface area (Å²) in [6, 6.07) is 9.64. The van der Waals surface area contributed by atoms with Crippen LogP contribution in [0.2, 0.25) is 0 Å². The van der Waals surface area contributed by atoms with Gasteiger partial charge in [-0.25, -0.2) is 4.98 Å². The molecule has 3 rings (SSSR count). The minimum atomic E-state index is -0.818. The number of para-hydroxylation sites is 1. The van der Waals surface area contributed by atoms with Crippen LogP contribution in [-0.2, 0) is 6.54 Å².